The first-order valence-corrected chi connectivity index (χ1v) is 7.26. The SMILES string of the molecule is CCCCCOc1nn(C)c(=O)cc1N1CCOCC1. The fourth-order valence-electron chi connectivity index (χ4n) is 2.16. The molecule has 1 aromatic rings. The molecule has 1 fully saturated rings. The van der Waals surface area contributed by atoms with Crippen LogP contribution in [-0.2, 0) is 11.8 Å². The molecule has 20 heavy (non-hydrogen) atoms. The van der Waals surface area contributed by atoms with Crippen LogP contribution in [0.4, 0.5) is 5.69 Å². The second-order valence-corrected chi connectivity index (χ2v) is 4.95. The molecule has 1 aliphatic heterocycles. The highest BCUT2D eigenvalue weighted by atomic mass is 16.5. The monoisotopic (exact) mass is 281 g/mol. The molecule has 0 atom stereocenters. The van der Waals surface area contributed by atoms with Crippen LogP contribution in [-0.4, -0.2) is 42.7 Å². The lowest BCUT2D eigenvalue weighted by atomic mass is 10.3. The third kappa shape index (κ3) is 3.72. The van der Waals surface area contributed by atoms with Gasteiger partial charge in [-0.1, -0.05) is 19.8 Å². The standard InChI is InChI=1S/C14H23N3O3/c1-3-4-5-8-20-14-12(11-13(18)16(2)15-14)17-6-9-19-10-7-17/h11H,3-10H2,1-2H3. The molecule has 0 aliphatic carbocycles. The number of ether oxygens (including phenoxy) is 2. The Morgan fingerprint density at radius 1 is 1.35 bits per heavy atom. The van der Waals surface area contributed by atoms with E-state index in [1.807, 2.05) is 0 Å². The highest BCUT2D eigenvalue weighted by molar-refractivity contribution is 5.54. The van der Waals surface area contributed by atoms with Crippen LogP contribution in [0.2, 0.25) is 0 Å². The van der Waals surface area contributed by atoms with Crippen LogP contribution in [0.15, 0.2) is 10.9 Å². The number of hydrogen-bond donors (Lipinski definition) is 0. The predicted octanol–water partition coefficient (Wildman–Crippen LogP) is 1.19. The van der Waals surface area contributed by atoms with Gasteiger partial charge in [0.05, 0.1) is 19.8 Å². The number of rotatable bonds is 6. The maximum absolute atomic E-state index is 11.8. The van der Waals surface area contributed by atoms with E-state index >= 15 is 0 Å². The fraction of sp³-hybridized carbons (Fsp3) is 0.714. The molecule has 112 valence electrons. The summed E-state index contributed by atoms with van der Waals surface area (Å²) in [4.78, 5) is 13.9. The maximum Gasteiger partial charge on any atom is 0.268 e. The number of hydrogen-bond acceptors (Lipinski definition) is 5. The first kappa shape index (κ1) is 14.8. The van der Waals surface area contributed by atoms with Gasteiger partial charge in [-0.2, -0.15) is 0 Å². The lowest BCUT2D eigenvalue weighted by Crippen LogP contribution is -2.37. The van der Waals surface area contributed by atoms with Crippen LogP contribution < -0.4 is 15.2 Å². The van der Waals surface area contributed by atoms with Crippen molar-refractivity contribution >= 4 is 5.69 Å². The Bertz CT molecular complexity index is 481. The molecule has 6 heteroatoms. The van der Waals surface area contributed by atoms with Gasteiger partial charge in [-0.15, -0.1) is 5.10 Å². The van der Waals surface area contributed by atoms with E-state index < -0.39 is 0 Å². The number of nitrogens with zero attached hydrogens (tertiary/aromatic N) is 3. The topological polar surface area (TPSA) is 56.6 Å². The molecule has 0 amide bonds. The van der Waals surface area contributed by atoms with Crippen LogP contribution in [0.3, 0.4) is 0 Å². The van der Waals surface area contributed by atoms with Crippen molar-refractivity contribution in [3.8, 4) is 5.88 Å². The lowest BCUT2D eigenvalue weighted by molar-refractivity contribution is 0.122. The van der Waals surface area contributed by atoms with E-state index in [1.165, 1.54) is 4.68 Å². The molecule has 2 rings (SSSR count). The summed E-state index contributed by atoms with van der Waals surface area (Å²) in [5.41, 5.74) is 0.667. The van der Waals surface area contributed by atoms with Crippen molar-refractivity contribution in [1.29, 1.82) is 0 Å². The number of aromatic nitrogens is 2. The fourth-order valence-corrected chi connectivity index (χ4v) is 2.16. The number of anilines is 1. The minimum absolute atomic E-state index is 0.118. The number of aryl methyl sites for hydroxylation is 1. The zero-order chi connectivity index (χ0) is 14.4. The summed E-state index contributed by atoms with van der Waals surface area (Å²) in [6, 6.07) is 1.60. The summed E-state index contributed by atoms with van der Waals surface area (Å²) in [5.74, 6) is 0.546. The molecule has 0 radical (unpaired) electrons. The van der Waals surface area contributed by atoms with Crippen molar-refractivity contribution in [2.45, 2.75) is 26.2 Å². The summed E-state index contributed by atoms with van der Waals surface area (Å²) in [7, 11) is 1.64. The molecule has 0 aromatic carbocycles. The van der Waals surface area contributed by atoms with Crippen LogP contribution in [0, 0.1) is 0 Å². The third-order valence-electron chi connectivity index (χ3n) is 3.38. The van der Waals surface area contributed by atoms with Gasteiger partial charge in [0.15, 0.2) is 0 Å². The molecule has 6 nitrogen and oxygen atoms in total. The molecule has 0 bridgehead atoms. The van der Waals surface area contributed by atoms with E-state index in [2.05, 4.69) is 16.9 Å². The summed E-state index contributed by atoms with van der Waals surface area (Å²) >= 11 is 0. The molecule has 0 N–H and O–H groups in total. The second-order valence-electron chi connectivity index (χ2n) is 4.95. The molecule has 2 heterocycles. The van der Waals surface area contributed by atoms with Gasteiger partial charge in [0, 0.05) is 26.2 Å². The Morgan fingerprint density at radius 3 is 2.80 bits per heavy atom. The lowest BCUT2D eigenvalue weighted by Gasteiger charge is -2.29. The van der Waals surface area contributed by atoms with Gasteiger partial charge >= 0.3 is 0 Å². The molecule has 1 aliphatic rings. The highest BCUT2D eigenvalue weighted by Crippen LogP contribution is 2.24. The summed E-state index contributed by atoms with van der Waals surface area (Å²) in [6.45, 7) is 5.66. The summed E-state index contributed by atoms with van der Waals surface area (Å²) in [5, 5.41) is 4.24. The van der Waals surface area contributed by atoms with E-state index in [4.69, 9.17) is 9.47 Å². The molecule has 1 aromatic heterocycles. The third-order valence-corrected chi connectivity index (χ3v) is 3.38. The van der Waals surface area contributed by atoms with Crippen LogP contribution in [0.5, 0.6) is 5.88 Å². The van der Waals surface area contributed by atoms with Crippen molar-refractivity contribution < 1.29 is 9.47 Å². The van der Waals surface area contributed by atoms with Crippen molar-refractivity contribution in [1.82, 2.24) is 9.78 Å². The smallest absolute Gasteiger partial charge is 0.268 e. The van der Waals surface area contributed by atoms with E-state index in [0.29, 0.717) is 25.7 Å². The predicted molar refractivity (Wildman–Crippen MR) is 77.5 cm³/mol. The average Bonchev–Trinajstić information content (AvgIpc) is 2.48. The van der Waals surface area contributed by atoms with E-state index in [9.17, 15) is 4.79 Å². The Morgan fingerprint density at radius 2 is 2.10 bits per heavy atom. The van der Waals surface area contributed by atoms with Crippen molar-refractivity contribution in [2.75, 3.05) is 37.8 Å². The van der Waals surface area contributed by atoms with Crippen LogP contribution >= 0.6 is 0 Å². The second kappa shape index (κ2) is 7.28. The maximum atomic E-state index is 11.8. The zero-order valence-corrected chi connectivity index (χ0v) is 12.3. The van der Waals surface area contributed by atoms with E-state index in [0.717, 1.165) is 38.0 Å². The first-order chi connectivity index (χ1) is 9.72. The van der Waals surface area contributed by atoms with Crippen LogP contribution in [0.25, 0.3) is 0 Å². The highest BCUT2D eigenvalue weighted by Gasteiger charge is 2.18. The molecule has 1 saturated heterocycles. The normalized spacial score (nSPS) is 15.4. The van der Waals surface area contributed by atoms with Crippen molar-refractivity contribution in [3.05, 3.63) is 16.4 Å². The summed E-state index contributed by atoms with van der Waals surface area (Å²) < 4.78 is 12.4. The van der Waals surface area contributed by atoms with Crippen molar-refractivity contribution in [3.63, 3.8) is 0 Å². The van der Waals surface area contributed by atoms with Crippen LogP contribution in [0.1, 0.15) is 26.2 Å². The molecule has 0 spiro atoms. The largest absolute Gasteiger partial charge is 0.475 e. The van der Waals surface area contributed by atoms with E-state index in [-0.39, 0.29) is 5.56 Å². The van der Waals surface area contributed by atoms with Gasteiger partial charge in [0.2, 0.25) is 0 Å². The van der Waals surface area contributed by atoms with E-state index in [1.54, 1.807) is 13.1 Å². The minimum atomic E-state index is -0.118. The Kier molecular flexibility index (Phi) is 5.40. The summed E-state index contributed by atoms with van der Waals surface area (Å²) in [6.07, 6.45) is 3.29. The Balaban J connectivity index is 2.14. The number of morpholine rings is 1. The van der Waals surface area contributed by atoms with Gasteiger partial charge < -0.3 is 14.4 Å². The first-order valence-electron chi connectivity index (χ1n) is 7.26. The van der Waals surface area contributed by atoms with Gasteiger partial charge in [0.25, 0.3) is 11.4 Å². The van der Waals surface area contributed by atoms with Gasteiger partial charge in [-0.25, -0.2) is 4.68 Å². The van der Waals surface area contributed by atoms with Gasteiger partial charge in [-0.3, -0.25) is 4.79 Å². The quantitative estimate of drug-likeness (QED) is 0.733. The Hall–Kier alpha value is -1.56. The molecule has 0 unspecified atom stereocenters. The van der Waals surface area contributed by atoms with Gasteiger partial charge in [-0.05, 0) is 6.42 Å². The number of unbranched alkanes of at least 4 members (excludes halogenated alkanes) is 2. The van der Waals surface area contributed by atoms with Gasteiger partial charge in [0.1, 0.15) is 5.69 Å². The molecular formula is C14H23N3O3. The average molecular weight is 281 g/mol. The molecule has 0 saturated carbocycles. The minimum Gasteiger partial charge on any atom is -0.475 e. The Labute approximate surface area is 119 Å². The van der Waals surface area contributed by atoms with Crippen molar-refractivity contribution in [2.24, 2.45) is 7.05 Å². The zero-order valence-electron chi connectivity index (χ0n) is 12.3. The molecular weight excluding hydrogens is 258 g/mol.